The number of nitrogens with zero attached hydrogens (tertiary/aromatic N) is 3. The quantitative estimate of drug-likeness (QED) is 0.384. The number of aromatic nitrogens is 2. The molecule has 0 aliphatic rings. The van der Waals surface area contributed by atoms with Crippen molar-refractivity contribution in [3.8, 4) is 0 Å². The average molecular weight is 252 g/mol. The van der Waals surface area contributed by atoms with E-state index in [0.29, 0.717) is 11.9 Å². The fraction of sp³-hybridized carbons (Fsp3) is 0.667. The van der Waals surface area contributed by atoms with Gasteiger partial charge in [-0.2, -0.15) is 0 Å². The Bertz CT molecular complexity index is 366. The summed E-state index contributed by atoms with van der Waals surface area (Å²) in [4.78, 5) is 10.6. The minimum Gasteiger partial charge on any atom is -0.370 e. The largest absolute Gasteiger partial charge is 0.370 e. The number of hydrogen-bond donors (Lipinski definition) is 3. The number of anilines is 2. The van der Waals surface area contributed by atoms with Crippen molar-refractivity contribution < 1.29 is 0 Å². The first-order chi connectivity index (χ1) is 8.56. The number of nitrogens with two attached hydrogens (primary N) is 1. The Morgan fingerprint density at radius 2 is 2.00 bits per heavy atom. The van der Waals surface area contributed by atoms with Crippen molar-refractivity contribution in [2.24, 2.45) is 5.84 Å². The van der Waals surface area contributed by atoms with E-state index in [1.807, 2.05) is 6.92 Å². The molecule has 18 heavy (non-hydrogen) atoms. The second-order valence-corrected chi connectivity index (χ2v) is 4.69. The first-order valence-corrected chi connectivity index (χ1v) is 6.28. The second-order valence-electron chi connectivity index (χ2n) is 4.69. The van der Waals surface area contributed by atoms with Crippen LogP contribution < -0.4 is 16.6 Å². The number of nitrogen functional groups attached to an aromatic ring is 1. The summed E-state index contributed by atoms with van der Waals surface area (Å²) in [6.07, 6.45) is 2.58. The van der Waals surface area contributed by atoms with Crippen LogP contribution in [0.5, 0.6) is 0 Å². The van der Waals surface area contributed by atoms with Crippen LogP contribution in [-0.2, 0) is 0 Å². The summed E-state index contributed by atoms with van der Waals surface area (Å²) >= 11 is 0. The Morgan fingerprint density at radius 3 is 2.61 bits per heavy atom. The lowest BCUT2D eigenvalue weighted by molar-refractivity contribution is 0.273. The maximum Gasteiger partial charge on any atom is 0.148 e. The Morgan fingerprint density at radius 1 is 1.33 bits per heavy atom. The molecule has 0 bridgehead atoms. The fourth-order valence-corrected chi connectivity index (χ4v) is 1.57. The van der Waals surface area contributed by atoms with Crippen molar-refractivity contribution in [3.63, 3.8) is 0 Å². The molecule has 0 radical (unpaired) electrons. The number of hydrazine groups is 1. The molecule has 6 nitrogen and oxygen atoms in total. The molecular formula is C12H24N6. The molecule has 1 heterocycles. The lowest BCUT2D eigenvalue weighted by Gasteiger charge is -2.21. The molecule has 4 N–H and O–H groups in total. The van der Waals surface area contributed by atoms with Gasteiger partial charge in [-0.1, -0.05) is 0 Å². The van der Waals surface area contributed by atoms with E-state index in [2.05, 4.69) is 46.5 Å². The summed E-state index contributed by atoms with van der Waals surface area (Å²) in [5.74, 6) is 6.87. The summed E-state index contributed by atoms with van der Waals surface area (Å²) in [6.45, 7) is 8.29. The second kappa shape index (κ2) is 7.13. The molecule has 0 spiro atoms. The zero-order chi connectivity index (χ0) is 13.5. The van der Waals surface area contributed by atoms with E-state index in [4.69, 9.17) is 5.84 Å². The van der Waals surface area contributed by atoms with Crippen LogP contribution >= 0.6 is 0 Å². The Labute approximate surface area is 109 Å². The molecule has 6 heteroatoms. The van der Waals surface area contributed by atoms with Gasteiger partial charge in [-0.15, -0.1) is 0 Å². The van der Waals surface area contributed by atoms with Gasteiger partial charge < -0.3 is 15.6 Å². The van der Waals surface area contributed by atoms with Gasteiger partial charge in [-0.25, -0.2) is 15.8 Å². The highest BCUT2D eigenvalue weighted by atomic mass is 15.3. The zero-order valence-corrected chi connectivity index (χ0v) is 11.7. The van der Waals surface area contributed by atoms with Crippen molar-refractivity contribution >= 4 is 11.6 Å². The maximum atomic E-state index is 5.37. The van der Waals surface area contributed by atoms with E-state index in [1.54, 1.807) is 0 Å². The molecule has 0 aliphatic carbocycles. The molecule has 1 aromatic heterocycles. The zero-order valence-electron chi connectivity index (χ0n) is 11.7. The van der Waals surface area contributed by atoms with E-state index in [0.717, 1.165) is 30.9 Å². The Hall–Kier alpha value is -1.40. The van der Waals surface area contributed by atoms with Crippen LogP contribution in [0, 0.1) is 6.92 Å². The van der Waals surface area contributed by atoms with E-state index in [1.165, 1.54) is 6.33 Å². The van der Waals surface area contributed by atoms with Gasteiger partial charge in [0.2, 0.25) is 0 Å². The van der Waals surface area contributed by atoms with Gasteiger partial charge in [0.1, 0.15) is 18.0 Å². The molecule has 1 aromatic rings. The van der Waals surface area contributed by atoms with Gasteiger partial charge in [0, 0.05) is 18.2 Å². The third-order valence-electron chi connectivity index (χ3n) is 3.08. The Kier molecular flexibility index (Phi) is 5.80. The summed E-state index contributed by atoms with van der Waals surface area (Å²) in [7, 11) is 2.14. The third kappa shape index (κ3) is 4.12. The van der Waals surface area contributed by atoms with Gasteiger partial charge in [-0.05, 0) is 40.8 Å². The molecule has 0 atom stereocenters. The molecule has 1 rings (SSSR count). The van der Waals surface area contributed by atoms with Crippen LogP contribution in [0.15, 0.2) is 6.33 Å². The van der Waals surface area contributed by atoms with E-state index < -0.39 is 0 Å². The topological polar surface area (TPSA) is 79.1 Å². The molecule has 0 aliphatic heterocycles. The van der Waals surface area contributed by atoms with Crippen LogP contribution in [-0.4, -0.2) is 41.0 Å². The minimum atomic E-state index is 0.582. The van der Waals surface area contributed by atoms with Crippen LogP contribution in [0.3, 0.4) is 0 Å². The van der Waals surface area contributed by atoms with Crippen LogP contribution in [0.25, 0.3) is 0 Å². The highest BCUT2D eigenvalue weighted by Gasteiger charge is 2.06. The smallest absolute Gasteiger partial charge is 0.148 e. The standard InChI is InChI=1S/C12H24N6/c1-9(2)18(4)7-5-6-14-11-10(3)12(17-13)16-8-15-11/h8-9H,5-7,13H2,1-4H3,(H2,14,15,16,17). The van der Waals surface area contributed by atoms with Crippen LogP contribution in [0.4, 0.5) is 11.6 Å². The first kappa shape index (κ1) is 14.7. The fourth-order valence-electron chi connectivity index (χ4n) is 1.57. The van der Waals surface area contributed by atoms with Gasteiger partial charge in [-0.3, -0.25) is 0 Å². The molecule has 0 saturated heterocycles. The third-order valence-corrected chi connectivity index (χ3v) is 3.08. The first-order valence-electron chi connectivity index (χ1n) is 6.28. The SMILES string of the molecule is Cc1c(NN)ncnc1NCCCN(C)C(C)C. The molecule has 0 saturated carbocycles. The lowest BCUT2D eigenvalue weighted by Crippen LogP contribution is -2.28. The highest BCUT2D eigenvalue weighted by Crippen LogP contribution is 2.16. The monoisotopic (exact) mass is 252 g/mol. The van der Waals surface area contributed by atoms with E-state index >= 15 is 0 Å². The highest BCUT2D eigenvalue weighted by molar-refractivity contribution is 5.55. The van der Waals surface area contributed by atoms with Gasteiger partial charge >= 0.3 is 0 Å². The summed E-state index contributed by atoms with van der Waals surface area (Å²) in [5, 5.41) is 3.31. The molecule has 0 fully saturated rings. The molecule has 0 amide bonds. The molecular weight excluding hydrogens is 228 g/mol. The Balaban J connectivity index is 2.40. The number of hydrogen-bond acceptors (Lipinski definition) is 6. The average Bonchev–Trinajstić information content (AvgIpc) is 2.35. The van der Waals surface area contributed by atoms with Crippen molar-refractivity contribution in [1.29, 1.82) is 0 Å². The van der Waals surface area contributed by atoms with Gasteiger partial charge in [0.25, 0.3) is 0 Å². The molecule has 0 aromatic carbocycles. The van der Waals surface area contributed by atoms with Crippen molar-refractivity contribution in [2.45, 2.75) is 33.2 Å². The van der Waals surface area contributed by atoms with Crippen LogP contribution in [0.2, 0.25) is 0 Å². The van der Waals surface area contributed by atoms with Gasteiger partial charge in [0.05, 0.1) is 0 Å². The van der Waals surface area contributed by atoms with Gasteiger partial charge in [0.15, 0.2) is 0 Å². The number of nitrogens with one attached hydrogen (secondary N) is 2. The van der Waals surface area contributed by atoms with Crippen molar-refractivity contribution in [2.75, 3.05) is 30.9 Å². The summed E-state index contributed by atoms with van der Waals surface area (Å²) in [6, 6.07) is 0.582. The maximum absolute atomic E-state index is 5.37. The predicted octanol–water partition coefficient (Wildman–Crippen LogP) is 1.21. The normalized spacial score (nSPS) is 11.1. The van der Waals surface area contributed by atoms with Crippen LogP contribution in [0.1, 0.15) is 25.8 Å². The van der Waals surface area contributed by atoms with E-state index in [-0.39, 0.29) is 0 Å². The van der Waals surface area contributed by atoms with Crippen molar-refractivity contribution in [1.82, 2.24) is 14.9 Å². The molecule has 102 valence electrons. The predicted molar refractivity (Wildman–Crippen MR) is 75.5 cm³/mol. The number of rotatable bonds is 7. The lowest BCUT2D eigenvalue weighted by atomic mass is 10.3. The molecule has 0 unspecified atom stereocenters. The summed E-state index contributed by atoms with van der Waals surface area (Å²) in [5.41, 5.74) is 3.50. The minimum absolute atomic E-state index is 0.582. The van der Waals surface area contributed by atoms with E-state index in [9.17, 15) is 0 Å². The summed E-state index contributed by atoms with van der Waals surface area (Å²) < 4.78 is 0. The van der Waals surface area contributed by atoms with Crippen molar-refractivity contribution in [3.05, 3.63) is 11.9 Å².